The van der Waals surface area contributed by atoms with E-state index in [1.807, 2.05) is 32.9 Å². The second-order valence-electron chi connectivity index (χ2n) is 8.70. The second kappa shape index (κ2) is 10.0. The van der Waals surface area contributed by atoms with Crippen molar-refractivity contribution >= 4 is 19.1 Å². The minimum Gasteiger partial charge on any atom is -0.496 e. The van der Waals surface area contributed by atoms with E-state index in [1.165, 1.54) is 21.3 Å². The van der Waals surface area contributed by atoms with Crippen molar-refractivity contribution in [3.05, 3.63) is 52.1 Å². The summed E-state index contributed by atoms with van der Waals surface area (Å²) in [7, 11) is 1.88. The predicted octanol–water partition coefficient (Wildman–Crippen LogP) is 6.19. The van der Waals surface area contributed by atoms with Crippen molar-refractivity contribution in [1.29, 1.82) is 0 Å². The summed E-state index contributed by atoms with van der Waals surface area (Å²) in [6.07, 6.45) is 3.16. The van der Waals surface area contributed by atoms with Crippen LogP contribution in [-0.4, -0.2) is 37.8 Å². The van der Waals surface area contributed by atoms with E-state index in [2.05, 4.69) is 0 Å². The van der Waals surface area contributed by atoms with Crippen LogP contribution in [0.5, 0.6) is 17.2 Å². The molecule has 0 spiro atoms. The molecule has 1 atom stereocenters. The highest BCUT2D eigenvalue weighted by molar-refractivity contribution is 7.67. The average Bonchev–Trinajstić information content (AvgIpc) is 2.81. The number of carbonyl (C=O) groups is 2. The largest absolute Gasteiger partial charge is 0.496 e. The third kappa shape index (κ3) is 4.54. The molecule has 0 bridgehead atoms. The SMILES string of the molecule is COc1cc(OC)c(C(=O)C2([P+](=O)C(=O)c3c(C)cc(C)cc3C)CCCCC2)c(OC)c1. The molecular weight excluding hydrogens is 439 g/mol. The first-order chi connectivity index (χ1) is 15.7. The van der Waals surface area contributed by atoms with E-state index in [4.69, 9.17) is 14.2 Å². The van der Waals surface area contributed by atoms with Crippen molar-refractivity contribution in [3.63, 3.8) is 0 Å². The Bertz CT molecular complexity index is 1050. The molecule has 3 rings (SSSR count). The highest BCUT2D eigenvalue weighted by Crippen LogP contribution is 2.55. The summed E-state index contributed by atoms with van der Waals surface area (Å²) in [4.78, 5) is 27.8. The molecule has 176 valence electrons. The van der Waals surface area contributed by atoms with Crippen LogP contribution in [0.3, 0.4) is 0 Å². The average molecular weight is 472 g/mol. The number of benzene rings is 2. The molecule has 0 heterocycles. The molecule has 1 fully saturated rings. The van der Waals surface area contributed by atoms with Crippen molar-refractivity contribution in [3.8, 4) is 17.2 Å². The van der Waals surface area contributed by atoms with E-state index in [-0.39, 0.29) is 22.8 Å². The second-order valence-corrected chi connectivity index (χ2v) is 10.6. The number of Topliss-reactive ketones (excluding diaryl/α,β-unsaturated/α-hetero) is 1. The van der Waals surface area contributed by atoms with Crippen LogP contribution >= 0.6 is 7.80 Å². The lowest BCUT2D eigenvalue weighted by atomic mass is 9.82. The third-order valence-electron chi connectivity index (χ3n) is 6.51. The Balaban J connectivity index is 2.16. The van der Waals surface area contributed by atoms with E-state index < -0.39 is 18.5 Å². The Kier molecular flexibility index (Phi) is 7.58. The van der Waals surface area contributed by atoms with Gasteiger partial charge in [0.25, 0.3) is 0 Å². The molecule has 0 amide bonds. The molecule has 1 aliphatic rings. The summed E-state index contributed by atoms with van der Waals surface area (Å²) in [6.45, 7) is 5.66. The van der Waals surface area contributed by atoms with E-state index in [0.717, 1.165) is 36.0 Å². The summed E-state index contributed by atoms with van der Waals surface area (Å²) in [5.41, 5.74) is 2.79. The van der Waals surface area contributed by atoms with Crippen molar-refractivity contribution < 1.29 is 28.4 Å². The number of methoxy groups -OCH3 is 3. The zero-order valence-electron chi connectivity index (χ0n) is 20.2. The predicted molar refractivity (Wildman–Crippen MR) is 129 cm³/mol. The van der Waals surface area contributed by atoms with Gasteiger partial charge in [0.1, 0.15) is 22.8 Å². The lowest BCUT2D eigenvalue weighted by Gasteiger charge is -2.27. The fourth-order valence-electron chi connectivity index (χ4n) is 4.93. The molecule has 6 nitrogen and oxygen atoms in total. The minimum absolute atomic E-state index is 0.205. The number of aryl methyl sites for hydroxylation is 3. The van der Waals surface area contributed by atoms with Crippen LogP contribution in [0.25, 0.3) is 0 Å². The van der Waals surface area contributed by atoms with Gasteiger partial charge in [0.05, 0.1) is 26.9 Å². The first-order valence-electron chi connectivity index (χ1n) is 11.1. The quantitative estimate of drug-likeness (QED) is 0.337. The van der Waals surface area contributed by atoms with Gasteiger partial charge < -0.3 is 14.2 Å². The van der Waals surface area contributed by atoms with Crippen LogP contribution in [0.1, 0.15) is 69.5 Å². The topological polar surface area (TPSA) is 78.9 Å². The minimum atomic E-state index is -2.55. The number of hydrogen-bond donors (Lipinski definition) is 0. The maximum absolute atomic E-state index is 14.1. The van der Waals surface area contributed by atoms with Gasteiger partial charge in [-0.05, 0) is 44.7 Å². The van der Waals surface area contributed by atoms with Crippen LogP contribution in [0.4, 0.5) is 0 Å². The summed E-state index contributed by atoms with van der Waals surface area (Å²) >= 11 is 0. The molecule has 0 aliphatic heterocycles. The van der Waals surface area contributed by atoms with Gasteiger partial charge in [-0.15, -0.1) is 0 Å². The molecule has 0 saturated heterocycles. The maximum atomic E-state index is 14.1. The van der Waals surface area contributed by atoms with Gasteiger partial charge in [-0.3, -0.25) is 4.79 Å². The molecule has 0 aromatic heterocycles. The first-order valence-corrected chi connectivity index (χ1v) is 12.4. The normalized spacial score (nSPS) is 15.5. The van der Waals surface area contributed by atoms with Crippen molar-refractivity contribution in [1.82, 2.24) is 0 Å². The molecule has 7 heteroatoms. The Morgan fingerprint density at radius 2 is 1.30 bits per heavy atom. The summed E-state index contributed by atoms with van der Waals surface area (Å²) < 4.78 is 30.3. The molecule has 1 saturated carbocycles. The zero-order chi connectivity index (χ0) is 24.3. The zero-order valence-corrected chi connectivity index (χ0v) is 21.1. The van der Waals surface area contributed by atoms with Gasteiger partial charge in [0.15, 0.2) is 0 Å². The standard InChI is InChI=1S/C26H32O6P/c1-16-12-17(2)22(18(3)13-16)25(28)33(29)26(10-8-7-9-11-26)24(27)23-20(31-5)14-19(30-4)15-21(23)32-6/h12-15H,7-11H2,1-6H3/q+1. The maximum Gasteiger partial charge on any atom is 0.434 e. The number of rotatable bonds is 8. The molecule has 2 aromatic carbocycles. The van der Waals surface area contributed by atoms with Crippen LogP contribution in [-0.2, 0) is 4.57 Å². The summed E-state index contributed by atoms with van der Waals surface area (Å²) in [5.74, 6) is 0.666. The van der Waals surface area contributed by atoms with Crippen molar-refractivity contribution in [2.45, 2.75) is 58.0 Å². The van der Waals surface area contributed by atoms with Crippen LogP contribution in [0.2, 0.25) is 0 Å². The van der Waals surface area contributed by atoms with Crippen LogP contribution in [0.15, 0.2) is 24.3 Å². The monoisotopic (exact) mass is 471 g/mol. The fraction of sp³-hybridized carbons (Fsp3) is 0.462. The third-order valence-corrected chi connectivity index (χ3v) is 8.53. The molecular formula is C26H32O6P+. The van der Waals surface area contributed by atoms with E-state index >= 15 is 0 Å². The molecule has 0 N–H and O–H groups in total. The van der Waals surface area contributed by atoms with Gasteiger partial charge in [0.2, 0.25) is 10.9 Å². The van der Waals surface area contributed by atoms with Crippen molar-refractivity contribution in [2.75, 3.05) is 21.3 Å². The lowest BCUT2D eigenvalue weighted by molar-refractivity contribution is 0.0897. The van der Waals surface area contributed by atoms with E-state index in [0.29, 0.717) is 24.2 Å². The Morgan fingerprint density at radius 1 is 0.788 bits per heavy atom. The van der Waals surface area contributed by atoms with Gasteiger partial charge in [-0.1, -0.05) is 28.7 Å². The molecule has 33 heavy (non-hydrogen) atoms. The van der Waals surface area contributed by atoms with E-state index in [9.17, 15) is 14.2 Å². The van der Waals surface area contributed by atoms with Gasteiger partial charge in [-0.2, -0.15) is 0 Å². The molecule has 0 radical (unpaired) electrons. The molecule has 2 aromatic rings. The Morgan fingerprint density at radius 3 is 1.76 bits per heavy atom. The first kappa shape index (κ1) is 24.9. The van der Waals surface area contributed by atoms with Gasteiger partial charge in [-0.25, -0.2) is 4.79 Å². The van der Waals surface area contributed by atoms with E-state index in [1.54, 1.807) is 12.1 Å². The van der Waals surface area contributed by atoms with Gasteiger partial charge >= 0.3 is 13.3 Å². The van der Waals surface area contributed by atoms with Crippen LogP contribution in [0, 0.1) is 20.8 Å². The van der Waals surface area contributed by atoms with Gasteiger partial charge in [0, 0.05) is 25.0 Å². The highest BCUT2D eigenvalue weighted by Gasteiger charge is 2.61. The van der Waals surface area contributed by atoms with Crippen LogP contribution < -0.4 is 14.2 Å². The lowest BCUT2D eigenvalue weighted by Crippen LogP contribution is -2.39. The molecule has 1 aliphatic carbocycles. The Hall–Kier alpha value is -2.72. The number of carbonyl (C=O) groups excluding carboxylic acids is 2. The Labute approximate surface area is 196 Å². The fourth-order valence-corrected chi connectivity index (χ4v) is 6.90. The van der Waals surface area contributed by atoms with Crippen molar-refractivity contribution in [2.24, 2.45) is 0 Å². The summed E-state index contributed by atoms with van der Waals surface area (Å²) in [5, 5.41) is -1.30. The summed E-state index contributed by atoms with van der Waals surface area (Å²) in [6, 6.07) is 7.04. The molecule has 1 unspecified atom stereocenters. The number of hydrogen-bond acceptors (Lipinski definition) is 6. The number of ether oxygens (including phenoxy) is 3. The number of ketones is 1. The smallest absolute Gasteiger partial charge is 0.434 e. The highest BCUT2D eigenvalue weighted by atomic mass is 31.1.